The van der Waals surface area contributed by atoms with Gasteiger partial charge in [-0.2, -0.15) is 12.6 Å². The topological polar surface area (TPSA) is 49.4 Å². The Kier molecular flexibility index (Phi) is 4.54. The average molecular weight is 270 g/mol. The van der Waals surface area contributed by atoms with Crippen molar-refractivity contribution in [3.8, 4) is 0 Å². The number of carbonyl (C=O) groups is 2. The van der Waals surface area contributed by atoms with Crippen molar-refractivity contribution in [2.45, 2.75) is 56.9 Å². The Morgan fingerprint density at radius 3 is 2.44 bits per heavy atom. The van der Waals surface area contributed by atoms with Crippen LogP contribution in [-0.4, -0.2) is 34.7 Å². The third kappa shape index (κ3) is 2.66. The first-order valence-electron chi connectivity index (χ1n) is 6.95. The molecule has 0 bridgehead atoms. The molecule has 0 aromatic carbocycles. The molecule has 5 heteroatoms. The SMILES string of the molecule is O=C1NC2(CCCC2)C(=O)N1CCCCCCS. The zero-order valence-electron chi connectivity index (χ0n) is 10.8. The largest absolute Gasteiger partial charge is 0.325 e. The normalized spacial score (nSPS) is 21.9. The van der Waals surface area contributed by atoms with E-state index in [1.165, 1.54) is 4.90 Å². The fourth-order valence-corrected chi connectivity index (χ4v) is 3.16. The molecule has 2 aliphatic rings. The lowest BCUT2D eigenvalue weighted by molar-refractivity contribution is -0.131. The first kappa shape index (κ1) is 13.7. The van der Waals surface area contributed by atoms with E-state index in [0.717, 1.165) is 57.1 Å². The minimum atomic E-state index is -0.540. The monoisotopic (exact) mass is 270 g/mol. The molecule has 3 amide bonds. The second-order valence-electron chi connectivity index (χ2n) is 5.31. The zero-order valence-corrected chi connectivity index (χ0v) is 11.7. The second kappa shape index (κ2) is 5.95. The van der Waals surface area contributed by atoms with Crippen LogP contribution in [0.1, 0.15) is 51.4 Å². The summed E-state index contributed by atoms with van der Waals surface area (Å²) in [6, 6.07) is -0.184. The minimum absolute atomic E-state index is 0.0131. The summed E-state index contributed by atoms with van der Waals surface area (Å²) in [5.74, 6) is 0.922. The molecule has 1 saturated heterocycles. The second-order valence-corrected chi connectivity index (χ2v) is 5.76. The van der Waals surface area contributed by atoms with Crippen LogP contribution in [0.5, 0.6) is 0 Å². The highest BCUT2D eigenvalue weighted by Gasteiger charge is 2.51. The van der Waals surface area contributed by atoms with E-state index in [1.54, 1.807) is 0 Å². The third-order valence-corrected chi connectivity index (χ3v) is 4.31. The van der Waals surface area contributed by atoms with Gasteiger partial charge in [0.15, 0.2) is 0 Å². The smallest absolute Gasteiger partial charge is 0.323 e. The van der Waals surface area contributed by atoms with Crippen LogP contribution >= 0.6 is 12.6 Å². The van der Waals surface area contributed by atoms with Crippen molar-refractivity contribution in [3.63, 3.8) is 0 Å². The van der Waals surface area contributed by atoms with Crippen molar-refractivity contribution in [1.29, 1.82) is 0 Å². The van der Waals surface area contributed by atoms with E-state index >= 15 is 0 Å². The molecule has 0 radical (unpaired) electrons. The highest BCUT2D eigenvalue weighted by atomic mass is 32.1. The molecule has 1 aliphatic carbocycles. The summed E-state index contributed by atoms with van der Waals surface area (Å²) >= 11 is 4.16. The molecule has 1 saturated carbocycles. The summed E-state index contributed by atoms with van der Waals surface area (Å²) < 4.78 is 0. The van der Waals surface area contributed by atoms with Gasteiger partial charge in [-0.1, -0.05) is 25.7 Å². The lowest BCUT2D eigenvalue weighted by Crippen LogP contribution is -2.44. The third-order valence-electron chi connectivity index (χ3n) is 3.99. The van der Waals surface area contributed by atoms with Gasteiger partial charge in [0.05, 0.1) is 0 Å². The van der Waals surface area contributed by atoms with E-state index in [1.807, 2.05) is 0 Å². The number of nitrogens with zero attached hydrogens (tertiary/aromatic N) is 1. The van der Waals surface area contributed by atoms with Gasteiger partial charge in [0.2, 0.25) is 0 Å². The number of carbonyl (C=O) groups excluding carboxylic acids is 2. The molecular formula is C13H22N2O2S. The Balaban J connectivity index is 1.82. The molecule has 0 aromatic heterocycles. The number of nitrogens with one attached hydrogen (secondary N) is 1. The van der Waals surface area contributed by atoms with Gasteiger partial charge in [-0.3, -0.25) is 9.69 Å². The Bertz CT molecular complexity index is 327. The molecule has 18 heavy (non-hydrogen) atoms. The Morgan fingerprint density at radius 2 is 1.78 bits per heavy atom. The first-order valence-corrected chi connectivity index (χ1v) is 7.58. The predicted octanol–water partition coefficient (Wildman–Crippen LogP) is 2.34. The van der Waals surface area contributed by atoms with Gasteiger partial charge >= 0.3 is 6.03 Å². The molecule has 4 nitrogen and oxygen atoms in total. The number of hydrogen-bond donors (Lipinski definition) is 2. The summed E-state index contributed by atoms with van der Waals surface area (Å²) in [5, 5.41) is 2.91. The Hall–Kier alpha value is -0.710. The quantitative estimate of drug-likeness (QED) is 0.442. The Morgan fingerprint density at radius 1 is 1.11 bits per heavy atom. The molecule has 1 N–H and O–H groups in total. The predicted molar refractivity (Wildman–Crippen MR) is 73.8 cm³/mol. The minimum Gasteiger partial charge on any atom is -0.323 e. The van der Waals surface area contributed by atoms with Crippen molar-refractivity contribution < 1.29 is 9.59 Å². The molecule has 0 aromatic rings. The fraction of sp³-hybridized carbons (Fsp3) is 0.846. The summed E-state index contributed by atoms with van der Waals surface area (Å²) in [6.45, 7) is 0.568. The average Bonchev–Trinajstić information content (AvgIpc) is 2.90. The van der Waals surface area contributed by atoms with Crippen LogP contribution in [0.2, 0.25) is 0 Å². The van der Waals surface area contributed by atoms with Crippen molar-refractivity contribution in [2.75, 3.05) is 12.3 Å². The maximum atomic E-state index is 12.3. The van der Waals surface area contributed by atoms with Crippen LogP contribution in [0.4, 0.5) is 4.79 Å². The van der Waals surface area contributed by atoms with Crippen LogP contribution < -0.4 is 5.32 Å². The molecule has 1 spiro atoms. The van der Waals surface area contributed by atoms with Crippen molar-refractivity contribution in [1.82, 2.24) is 10.2 Å². The standard InChI is InChI=1S/C13H22N2O2S/c16-11-13(7-3-4-8-13)14-12(17)15(11)9-5-1-2-6-10-18/h18H,1-10H2,(H,14,17). The molecule has 0 unspecified atom stereocenters. The van der Waals surface area contributed by atoms with Crippen LogP contribution in [0, 0.1) is 0 Å². The molecule has 2 rings (SSSR count). The van der Waals surface area contributed by atoms with E-state index in [4.69, 9.17) is 0 Å². The number of hydrogen-bond acceptors (Lipinski definition) is 3. The van der Waals surface area contributed by atoms with Gasteiger partial charge in [0, 0.05) is 6.54 Å². The zero-order chi connectivity index (χ0) is 13.0. The van der Waals surface area contributed by atoms with E-state index in [9.17, 15) is 9.59 Å². The maximum Gasteiger partial charge on any atom is 0.325 e. The molecule has 102 valence electrons. The van der Waals surface area contributed by atoms with Crippen molar-refractivity contribution >= 4 is 24.6 Å². The summed E-state index contributed by atoms with van der Waals surface area (Å²) in [7, 11) is 0. The number of unbranched alkanes of at least 4 members (excludes halogenated alkanes) is 3. The summed E-state index contributed by atoms with van der Waals surface area (Å²) in [4.78, 5) is 25.6. The van der Waals surface area contributed by atoms with Gasteiger partial charge in [0.25, 0.3) is 5.91 Å². The Labute approximate surface area is 114 Å². The molecule has 1 heterocycles. The lowest BCUT2D eigenvalue weighted by Gasteiger charge is -2.19. The molecule has 0 atom stereocenters. The van der Waals surface area contributed by atoms with Crippen LogP contribution in [0.15, 0.2) is 0 Å². The van der Waals surface area contributed by atoms with E-state index in [2.05, 4.69) is 17.9 Å². The van der Waals surface area contributed by atoms with Gasteiger partial charge < -0.3 is 5.32 Å². The maximum absolute atomic E-state index is 12.3. The highest BCUT2D eigenvalue weighted by Crippen LogP contribution is 2.35. The van der Waals surface area contributed by atoms with Crippen molar-refractivity contribution in [3.05, 3.63) is 0 Å². The molecular weight excluding hydrogens is 248 g/mol. The number of rotatable bonds is 6. The summed E-state index contributed by atoms with van der Waals surface area (Å²) in [6.07, 6.45) is 7.91. The van der Waals surface area contributed by atoms with Crippen molar-refractivity contribution in [2.24, 2.45) is 0 Å². The van der Waals surface area contributed by atoms with Gasteiger partial charge in [-0.05, 0) is 31.4 Å². The number of imide groups is 1. The molecule has 1 aliphatic heterocycles. The van der Waals surface area contributed by atoms with Crippen LogP contribution in [0.25, 0.3) is 0 Å². The molecule has 2 fully saturated rings. The lowest BCUT2D eigenvalue weighted by atomic mass is 9.98. The van der Waals surface area contributed by atoms with E-state index in [-0.39, 0.29) is 11.9 Å². The fourth-order valence-electron chi connectivity index (χ4n) is 2.93. The van der Waals surface area contributed by atoms with Crippen LogP contribution in [0.3, 0.4) is 0 Å². The number of thiol groups is 1. The summed E-state index contributed by atoms with van der Waals surface area (Å²) in [5.41, 5.74) is -0.540. The van der Waals surface area contributed by atoms with Gasteiger partial charge in [-0.25, -0.2) is 4.79 Å². The van der Waals surface area contributed by atoms with E-state index < -0.39 is 5.54 Å². The van der Waals surface area contributed by atoms with Gasteiger partial charge in [-0.15, -0.1) is 0 Å². The van der Waals surface area contributed by atoms with E-state index in [0.29, 0.717) is 6.54 Å². The highest BCUT2D eigenvalue weighted by molar-refractivity contribution is 7.80. The number of amides is 3. The number of urea groups is 1. The first-order chi connectivity index (χ1) is 8.69. The van der Waals surface area contributed by atoms with Gasteiger partial charge in [0.1, 0.15) is 5.54 Å². The van der Waals surface area contributed by atoms with Crippen LogP contribution in [-0.2, 0) is 4.79 Å².